The lowest BCUT2D eigenvalue weighted by Gasteiger charge is -2.18. The molecule has 0 aromatic heterocycles. The lowest BCUT2D eigenvalue weighted by atomic mass is 9.85. The topological polar surface area (TPSA) is 109 Å². The van der Waals surface area contributed by atoms with Gasteiger partial charge in [0.1, 0.15) is 0 Å². The lowest BCUT2D eigenvalue weighted by molar-refractivity contribution is -0.124. The summed E-state index contributed by atoms with van der Waals surface area (Å²) in [7, 11) is -3.92. The molecule has 2 saturated heterocycles. The third kappa shape index (κ3) is 2.91. The van der Waals surface area contributed by atoms with Gasteiger partial charge < -0.3 is 0 Å². The molecule has 2 aromatic carbocycles. The summed E-state index contributed by atoms with van der Waals surface area (Å²) in [5.74, 6) is -1.77. The molecule has 2 aliphatic heterocycles. The van der Waals surface area contributed by atoms with Crippen molar-refractivity contribution in [2.75, 3.05) is 9.80 Å². The van der Waals surface area contributed by atoms with E-state index in [0.717, 1.165) is 12.8 Å². The molecule has 2 saturated carbocycles. The summed E-state index contributed by atoms with van der Waals surface area (Å²) in [5.41, 5.74) is 0.737. The minimum absolute atomic E-state index is 0.0190. The van der Waals surface area contributed by atoms with E-state index >= 15 is 0 Å². The number of allylic oxidation sites excluding steroid dienone is 4. The maximum Gasteiger partial charge on any atom is 0.238 e. The van der Waals surface area contributed by atoms with Crippen molar-refractivity contribution in [2.24, 2.45) is 47.3 Å². The number of fused-ring (bicyclic) bond motifs is 10. The van der Waals surface area contributed by atoms with Crippen LogP contribution in [0.3, 0.4) is 0 Å². The van der Waals surface area contributed by atoms with Crippen LogP contribution in [-0.4, -0.2) is 32.0 Å². The molecular weight excluding hydrogens is 516 g/mol. The highest BCUT2D eigenvalue weighted by Crippen LogP contribution is 2.54. The van der Waals surface area contributed by atoms with Gasteiger partial charge in [-0.1, -0.05) is 24.3 Å². The van der Waals surface area contributed by atoms with Crippen LogP contribution in [0.2, 0.25) is 0 Å². The Labute approximate surface area is 224 Å². The molecule has 4 aliphatic carbocycles. The van der Waals surface area contributed by atoms with E-state index in [0.29, 0.717) is 11.4 Å². The first-order valence-electron chi connectivity index (χ1n) is 13.3. The number of hydrogen-bond donors (Lipinski definition) is 0. The minimum Gasteiger partial charge on any atom is -0.274 e. The van der Waals surface area contributed by atoms with Gasteiger partial charge in [-0.05, 0) is 85.0 Å². The number of nitrogens with zero attached hydrogens (tertiary/aromatic N) is 2. The van der Waals surface area contributed by atoms with Crippen molar-refractivity contribution in [3.05, 3.63) is 72.8 Å². The predicted octanol–water partition coefficient (Wildman–Crippen LogP) is 3.14. The maximum absolute atomic E-state index is 13.4. The number of carbonyl (C=O) groups is 4. The van der Waals surface area contributed by atoms with Crippen LogP contribution in [0.15, 0.2) is 82.6 Å². The van der Waals surface area contributed by atoms with Crippen molar-refractivity contribution < 1.29 is 27.6 Å². The summed E-state index contributed by atoms with van der Waals surface area (Å²) in [6, 6.07) is 11.6. The van der Waals surface area contributed by atoms with Gasteiger partial charge in [0, 0.05) is 0 Å². The summed E-state index contributed by atoms with van der Waals surface area (Å²) in [6.45, 7) is 0. The van der Waals surface area contributed by atoms with E-state index in [1.807, 2.05) is 24.3 Å². The van der Waals surface area contributed by atoms with E-state index in [2.05, 4.69) is 0 Å². The molecule has 8 atom stereocenters. The van der Waals surface area contributed by atoms with Gasteiger partial charge in [0.15, 0.2) is 0 Å². The molecule has 0 spiro atoms. The van der Waals surface area contributed by atoms with E-state index in [1.54, 1.807) is 0 Å². The molecule has 4 bridgehead atoms. The number of amides is 4. The molecular formula is C30H24N2O6S. The average Bonchev–Trinajstić information content (AvgIpc) is 3.77. The molecule has 9 heteroatoms. The number of anilines is 2. The summed E-state index contributed by atoms with van der Waals surface area (Å²) >= 11 is 0. The first-order valence-corrected chi connectivity index (χ1v) is 14.8. The van der Waals surface area contributed by atoms with Crippen molar-refractivity contribution in [1.82, 2.24) is 0 Å². The summed E-state index contributed by atoms with van der Waals surface area (Å²) < 4.78 is 26.7. The van der Waals surface area contributed by atoms with Gasteiger partial charge in [-0.25, -0.2) is 8.42 Å². The fraction of sp³-hybridized carbons (Fsp3) is 0.333. The average molecular weight is 541 g/mol. The standard InChI is InChI=1S/C30H24N2O6S/c33-27-23-15-1-2-16(13-15)24(23)28(34)31(27)19-5-9-21(10-6-19)39(37,38)22-11-7-20(8-12-22)32-29(35)25-17-3-4-18(14-17)26(25)30(32)36/h1-12,15-18,23-26H,13-14H2/t15-,16-,17-,18-,23+,24+,25+,26+/m0/s1. The number of imide groups is 2. The van der Waals surface area contributed by atoms with E-state index in [9.17, 15) is 27.6 Å². The van der Waals surface area contributed by atoms with Crippen LogP contribution in [-0.2, 0) is 29.0 Å². The fourth-order valence-corrected chi connectivity index (χ4v) is 9.26. The normalized spacial score (nSPS) is 35.6. The van der Waals surface area contributed by atoms with Gasteiger partial charge in [-0.3, -0.25) is 29.0 Å². The Morgan fingerprint density at radius 1 is 0.487 bits per heavy atom. The minimum atomic E-state index is -3.92. The Morgan fingerprint density at radius 2 is 0.769 bits per heavy atom. The zero-order valence-corrected chi connectivity index (χ0v) is 21.5. The Morgan fingerprint density at radius 3 is 1.05 bits per heavy atom. The van der Waals surface area contributed by atoms with E-state index < -0.39 is 9.84 Å². The summed E-state index contributed by atoms with van der Waals surface area (Å²) in [5, 5.41) is 0. The second-order valence-corrected chi connectivity index (χ2v) is 13.5. The number of benzene rings is 2. The van der Waals surface area contributed by atoms with E-state index in [4.69, 9.17) is 0 Å². The first-order chi connectivity index (χ1) is 18.8. The van der Waals surface area contributed by atoms with Gasteiger partial charge in [0.2, 0.25) is 33.5 Å². The second kappa shape index (κ2) is 7.63. The molecule has 0 unspecified atom stereocenters. The van der Waals surface area contributed by atoms with Crippen molar-refractivity contribution >= 4 is 44.8 Å². The summed E-state index contributed by atoms with van der Waals surface area (Å²) in [4.78, 5) is 54.8. The number of rotatable bonds is 4. The van der Waals surface area contributed by atoms with Crippen LogP contribution in [0.25, 0.3) is 0 Å². The van der Waals surface area contributed by atoms with E-state index in [-0.39, 0.29) is 80.8 Å². The van der Waals surface area contributed by atoms with Crippen LogP contribution >= 0.6 is 0 Å². The number of carbonyl (C=O) groups excluding carboxylic acids is 4. The van der Waals surface area contributed by atoms with Gasteiger partial charge >= 0.3 is 0 Å². The fourth-order valence-electron chi connectivity index (χ4n) is 8.00. The van der Waals surface area contributed by atoms with Crippen molar-refractivity contribution in [2.45, 2.75) is 22.6 Å². The Bertz CT molecular complexity index is 1480. The van der Waals surface area contributed by atoms with Crippen LogP contribution in [0.1, 0.15) is 12.8 Å². The van der Waals surface area contributed by atoms with Crippen molar-refractivity contribution in [3.63, 3.8) is 0 Å². The Balaban J connectivity index is 1.03. The maximum atomic E-state index is 13.4. The molecule has 8 nitrogen and oxygen atoms in total. The highest BCUT2D eigenvalue weighted by atomic mass is 32.2. The van der Waals surface area contributed by atoms with Gasteiger partial charge in [-0.15, -0.1) is 0 Å². The second-order valence-electron chi connectivity index (χ2n) is 11.5. The van der Waals surface area contributed by atoms with Crippen LogP contribution in [0, 0.1) is 47.3 Å². The number of sulfone groups is 1. The largest absolute Gasteiger partial charge is 0.274 e. The van der Waals surface area contributed by atoms with Gasteiger partial charge in [0.05, 0.1) is 44.8 Å². The molecule has 0 N–H and O–H groups in total. The highest BCUT2D eigenvalue weighted by Gasteiger charge is 2.60. The number of hydrogen-bond acceptors (Lipinski definition) is 6. The monoisotopic (exact) mass is 540 g/mol. The molecule has 196 valence electrons. The SMILES string of the molecule is O=C1[C@H]2[C@H](C(=O)N1c1ccc(S(=O)(=O)c3ccc(N4C(=O)[C@H]5[C@H](C4=O)[C@H]4C=C[C@H]5C4)cc3)cc1)[C@H]1C=C[C@H]2C1. The zero-order chi connectivity index (χ0) is 26.8. The van der Waals surface area contributed by atoms with Crippen LogP contribution in [0.4, 0.5) is 11.4 Å². The molecule has 2 aromatic rings. The molecule has 0 radical (unpaired) electrons. The third-order valence-electron chi connectivity index (χ3n) is 9.75. The molecule has 8 rings (SSSR count). The van der Waals surface area contributed by atoms with Crippen LogP contribution < -0.4 is 9.80 Å². The highest BCUT2D eigenvalue weighted by molar-refractivity contribution is 7.91. The molecule has 4 amide bonds. The third-order valence-corrected chi connectivity index (χ3v) is 11.5. The predicted molar refractivity (Wildman–Crippen MR) is 139 cm³/mol. The van der Waals surface area contributed by atoms with Gasteiger partial charge in [0.25, 0.3) is 0 Å². The quantitative estimate of drug-likeness (QED) is 0.436. The Hall–Kier alpha value is -3.85. The molecule has 4 fully saturated rings. The summed E-state index contributed by atoms with van der Waals surface area (Å²) in [6.07, 6.45) is 9.81. The molecule has 2 heterocycles. The smallest absolute Gasteiger partial charge is 0.238 e. The lowest BCUT2D eigenvalue weighted by Crippen LogP contribution is -2.32. The van der Waals surface area contributed by atoms with Gasteiger partial charge in [-0.2, -0.15) is 0 Å². The van der Waals surface area contributed by atoms with E-state index in [1.165, 1.54) is 58.3 Å². The van der Waals surface area contributed by atoms with Crippen molar-refractivity contribution in [3.8, 4) is 0 Å². The van der Waals surface area contributed by atoms with Crippen LogP contribution in [0.5, 0.6) is 0 Å². The molecule has 6 aliphatic rings. The molecule has 39 heavy (non-hydrogen) atoms. The van der Waals surface area contributed by atoms with Crippen molar-refractivity contribution in [1.29, 1.82) is 0 Å². The Kier molecular flexibility index (Phi) is 4.51. The first kappa shape index (κ1) is 23.1. The zero-order valence-electron chi connectivity index (χ0n) is 20.7.